The summed E-state index contributed by atoms with van der Waals surface area (Å²) in [4.78, 5) is 0. The molecule has 0 saturated heterocycles. The predicted molar refractivity (Wildman–Crippen MR) is 71.2 cm³/mol. The number of rotatable bonds is 4. The van der Waals surface area contributed by atoms with E-state index in [9.17, 15) is 0 Å². The number of aryl methyl sites for hydroxylation is 1. The molecule has 2 rings (SSSR count). The van der Waals surface area contributed by atoms with E-state index in [1.807, 2.05) is 54.6 Å². The minimum Gasteiger partial charge on any atom is -0.482 e. The van der Waals surface area contributed by atoms with Gasteiger partial charge in [-0.05, 0) is 36.3 Å². The fourth-order valence-electron chi connectivity index (χ4n) is 1.73. The van der Waals surface area contributed by atoms with Crippen LogP contribution in [-0.2, 0) is 0 Å². The maximum atomic E-state index is 5.91. The molecule has 0 fully saturated rings. The second-order valence-electron chi connectivity index (χ2n) is 4.00. The minimum absolute atomic E-state index is 0.0991. The first-order valence-electron chi connectivity index (χ1n) is 5.70. The number of ether oxygens (including phenoxy) is 1. The zero-order valence-electron chi connectivity index (χ0n) is 9.97. The van der Waals surface area contributed by atoms with Gasteiger partial charge in [-0.3, -0.25) is 0 Å². The van der Waals surface area contributed by atoms with E-state index in [4.69, 9.17) is 4.74 Å². The van der Waals surface area contributed by atoms with Crippen molar-refractivity contribution in [3.05, 3.63) is 78.4 Å². The second-order valence-corrected chi connectivity index (χ2v) is 4.00. The molecule has 1 unspecified atom stereocenters. The number of hydrogen-bond donors (Lipinski definition) is 0. The topological polar surface area (TPSA) is 9.23 Å². The lowest BCUT2D eigenvalue weighted by molar-refractivity contribution is 0.256. The molecular weight excluding hydrogens is 208 g/mol. The summed E-state index contributed by atoms with van der Waals surface area (Å²) in [7, 11) is 0. The van der Waals surface area contributed by atoms with Crippen LogP contribution in [0, 0.1) is 6.92 Å². The highest BCUT2D eigenvalue weighted by Gasteiger charge is 2.08. The van der Waals surface area contributed by atoms with Gasteiger partial charge in [-0.2, -0.15) is 0 Å². The minimum atomic E-state index is -0.0991. The van der Waals surface area contributed by atoms with Gasteiger partial charge in [0.1, 0.15) is 11.9 Å². The molecule has 1 atom stereocenters. The maximum absolute atomic E-state index is 5.91. The van der Waals surface area contributed by atoms with Crippen LogP contribution in [0.15, 0.2) is 67.3 Å². The monoisotopic (exact) mass is 224 g/mol. The Kier molecular flexibility index (Phi) is 3.61. The summed E-state index contributed by atoms with van der Waals surface area (Å²) in [5.41, 5.74) is 2.31. The van der Waals surface area contributed by atoms with Crippen LogP contribution in [0.4, 0.5) is 0 Å². The molecule has 86 valence electrons. The van der Waals surface area contributed by atoms with Crippen molar-refractivity contribution in [3.8, 4) is 5.75 Å². The summed E-state index contributed by atoms with van der Waals surface area (Å²) >= 11 is 0. The van der Waals surface area contributed by atoms with E-state index in [1.54, 1.807) is 0 Å². The predicted octanol–water partition coefficient (Wildman–Crippen LogP) is 4.30. The molecule has 2 aromatic carbocycles. The third-order valence-electron chi connectivity index (χ3n) is 2.59. The zero-order chi connectivity index (χ0) is 12.1. The Morgan fingerprint density at radius 3 is 2.47 bits per heavy atom. The first-order valence-corrected chi connectivity index (χ1v) is 5.70. The zero-order valence-corrected chi connectivity index (χ0v) is 9.97. The van der Waals surface area contributed by atoms with Gasteiger partial charge in [-0.1, -0.05) is 49.0 Å². The van der Waals surface area contributed by atoms with Crippen molar-refractivity contribution in [1.29, 1.82) is 0 Å². The van der Waals surface area contributed by atoms with Crippen molar-refractivity contribution in [2.75, 3.05) is 0 Å². The molecule has 0 bridgehead atoms. The van der Waals surface area contributed by atoms with Gasteiger partial charge in [0.15, 0.2) is 0 Å². The molecule has 1 heteroatoms. The van der Waals surface area contributed by atoms with E-state index in [0.29, 0.717) is 0 Å². The molecule has 0 radical (unpaired) electrons. The number of benzene rings is 2. The molecular formula is C16H16O. The quantitative estimate of drug-likeness (QED) is 0.703. The van der Waals surface area contributed by atoms with E-state index >= 15 is 0 Å². The van der Waals surface area contributed by atoms with Crippen LogP contribution in [0.3, 0.4) is 0 Å². The van der Waals surface area contributed by atoms with E-state index in [2.05, 4.69) is 19.6 Å². The summed E-state index contributed by atoms with van der Waals surface area (Å²) in [6.07, 6.45) is 1.72. The molecule has 17 heavy (non-hydrogen) atoms. The summed E-state index contributed by atoms with van der Waals surface area (Å²) in [5.74, 6) is 0.874. The van der Waals surface area contributed by atoms with Crippen molar-refractivity contribution in [3.63, 3.8) is 0 Å². The van der Waals surface area contributed by atoms with Gasteiger partial charge < -0.3 is 4.74 Å². The third-order valence-corrected chi connectivity index (χ3v) is 2.59. The van der Waals surface area contributed by atoms with Gasteiger partial charge in [0, 0.05) is 0 Å². The van der Waals surface area contributed by atoms with Crippen LogP contribution in [-0.4, -0.2) is 0 Å². The average Bonchev–Trinajstić information content (AvgIpc) is 2.37. The van der Waals surface area contributed by atoms with Gasteiger partial charge >= 0.3 is 0 Å². The molecule has 0 N–H and O–H groups in total. The summed E-state index contributed by atoms with van der Waals surface area (Å²) < 4.78 is 5.91. The van der Waals surface area contributed by atoms with Crippen LogP contribution in [0.25, 0.3) is 0 Å². The van der Waals surface area contributed by atoms with Crippen molar-refractivity contribution < 1.29 is 4.74 Å². The van der Waals surface area contributed by atoms with Crippen LogP contribution in [0.2, 0.25) is 0 Å². The largest absolute Gasteiger partial charge is 0.482 e. The average molecular weight is 224 g/mol. The van der Waals surface area contributed by atoms with Gasteiger partial charge in [0.05, 0.1) is 0 Å². The molecule has 0 aliphatic carbocycles. The van der Waals surface area contributed by atoms with E-state index < -0.39 is 0 Å². The molecule has 0 aliphatic rings. The van der Waals surface area contributed by atoms with E-state index in [-0.39, 0.29) is 6.10 Å². The maximum Gasteiger partial charge on any atom is 0.142 e. The lowest BCUT2D eigenvalue weighted by atomic mass is 10.1. The molecule has 0 heterocycles. The molecule has 0 aliphatic heterocycles. The third kappa shape index (κ3) is 2.97. The standard InChI is InChI=1S/C16H16O/c1-3-16(14-9-5-4-6-10-14)17-15-11-7-8-13(2)12-15/h3-12,16H,1H2,2H3. The Labute approximate surface area is 102 Å². The summed E-state index contributed by atoms with van der Waals surface area (Å²) in [6.45, 7) is 5.88. The van der Waals surface area contributed by atoms with Crippen molar-refractivity contribution in [1.82, 2.24) is 0 Å². The highest BCUT2D eigenvalue weighted by molar-refractivity contribution is 5.30. The summed E-state index contributed by atoms with van der Waals surface area (Å²) in [5, 5.41) is 0. The fraction of sp³-hybridized carbons (Fsp3) is 0.125. The first-order chi connectivity index (χ1) is 8.29. The Morgan fingerprint density at radius 1 is 1.06 bits per heavy atom. The van der Waals surface area contributed by atoms with Crippen LogP contribution in [0.1, 0.15) is 17.2 Å². The Hall–Kier alpha value is -2.02. The van der Waals surface area contributed by atoms with E-state index in [0.717, 1.165) is 11.3 Å². The molecule has 0 aromatic heterocycles. The highest BCUT2D eigenvalue weighted by atomic mass is 16.5. The first kappa shape index (κ1) is 11.5. The molecule has 0 saturated carbocycles. The van der Waals surface area contributed by atoms with E-state index in [1.165, 1.54) is 5.56 Å². The van der Waals surface area contributed by atoms with Gasteiger partial charge in [0.2, 0.25) is 0 Å². The van der Waals surface area contributed by atoms with Gasteiger partial charge in [0.25, 0.3) is 0 Å². The van der Waals surface area contributed by atoms with Crippen molar-refractivity contribution >= 4 is 0 Å². The fourth-order valence-corrected chi connectivity index (χ4v) is 1.73. The summed E-state index contributed by atoms with van der Waals surface area (Å²) in [6, 6.07) is 18.1. The lowest BCUT2D eigenvalue weighted by Gasteiger charge is -2.16. The second kappa shape index (κ2) is 5.35. The van der Waals surface area contributed by atoms with Gasteiger partial charge in [-0.15, -0.1) is 0 Å². The SMILES string of the molecule is C=CC(Oc1cccc(C)c1)c1ccccc1. The van der Waals surface area contributed by atoms with Crippen LogP contribution < -0.4 is 4.74 Å². The Bertz CT molecular complexity index is 488. The Morgan fingerprint density at radius 2 is 1.82 bits per heavy atom. The number of hydrogen-bond acceptors (Lipinski definition) is 1. The molecule has 2 aromatic rings. The van der Waals surface area contributed by atoms with Crippen molar-refractivity contribution in [2.45, 2.75) is 13.0 Å². The Balaban J connectivity index is 2.19. The molecule has 0 amide bonds. The van der Waals surface area contributed by atoms with Crippen molar-refractivity contribution in [2.24, 2.45) is 0 Å². The smallest absolute Gasteiger partial charge is 0.142 e. The highest BCUT2D eigenvalue weighted by Crippen LogP contribution is 2.23. The normalized spacial score (nSPS) is 11.8. The molecule has 1 nitrogen and oxygen atoms in total. The molecule has 0 spiro atoms. The van der Waals surface area contributed by atoms with Crippen LogP contribution >= 0.6 is 0 Å². The lowest BCUT2D eigenvalue weighted by Crippen LogP contribution is -2.04. The van der Waals surface area contributed by atoms with Crippen LogP contribution in [0.5, 0.6) is 5.75 Å². The van der Waals surface area contributed by atoms with Gasteiger partial charge in [-0.25, -0.2) is 0 Å².